The molecule has 0 unspecified atom stereocenters. The number of hydrogen-bond donors (Lipinski definition) is 0. The fourth-order valence-electron chi connectivity index (χ4n) is 1.57. The molecule has 3 heteroatoms. The van der Waals surface area contributed by atoms with E-state index < -0.39 is 0 Å². The summed E-state index contributed by atoms with van der Waals surface area (Å²) in [6.45, 7) is 4.00. The lowest BCUT2D eigenvalue weighted by atomic mass is 10.0. The van der Waals surface area contributed by atoms with Crippen molar-refractivity contribution in [2.24, 2.45) is 0 Å². The van der Waals surface area contributed by atoms with E-state index in [1.807, 2.05) is 19.9 Å². The van der Waals surface area contributed by atoms with E-state index in [0.717, 1.165) is 17.4 Å². The van der Waals surface area contributed by atoms with Crippen molar-refractivity contribution < 1.29 is 9.18 Å². The van der Waals surface area contributed by atoms with Crippen LogP contribution in [0.3, 0.4) is 0 Å². The molecule has 0 amide bonds. The van der Waals surface area contributed by atoms with Gasteiger partial charge in [0.1, 0.15) is 12.1 Å². The smallest absolute Gasteiger partial charge is 0.150 e. The molecule has 1 heterocycles. The Morgan fingerprint density at radius 3 is 2.72 bits per heavy atom. The fraction of sp³-hybridized carbons (Fsp3) is 0.200. The van der Waals surface area contributed by atoms with Gasteiger partial charge in [0.05, 0.1) is 0 Å². The molecule has 2 nitrogen and oxygen atoms in total. The first-order valence-corrected chi connectivity index (χ1v) is 5.92. The van der Waals surface area contributed by atoms with Gasteiger partial charge in [-0.15, -0.1) is 0 Å². The lowest BCUT2D eigenvalue weighted by molar-refractivity contribution is 0.112. The maximum absolute atomic E-state index is 13.0. The Bertz CT molecular complexity index is 511. The Morgan fingerprint density at radius 1 is 1.28 bits per heavy atom. The molecule has 0 bridgehead atoms. The third-order valence-electron chi connectivity index (χ3n) is 2.35. The highest BCUT2D eigenvalue weighted by atomic mass is 19.1. The van der Waals surface area contributed by atoms with E-state index in [2.05, 4.69) is 4.98 Å². The number of nitrogens with zero attached hydrogens (tertiary/aromatic N) is 1. The third kappa shape index (κ3) is 3.77. The summed E-state index contributed by atoms with van der Waals surface area (Å²) in [5.41, 5.74) is 2.23. The number of pyridine rings is 1. The van der Waals surface area contributed by atoms with Crippen LogP contribution in [0.1, 0.15) is 35.3 Å². The lowest BCUT2D eigenvalue weighted by Crippen LogP contribution is -1.95. The standard InChI is InChI=1S/C13H10FNO.C2H6/c14-13-3-1-2-10(7-13)6-12-8-15-5-4-11(12)9-16;1-2/h1-5,7-9H,6H2;1-2H3. The zero-order valence-corrected chi connectivity index (χ0v) is 10.6. The summed E-state index contributed by atoms with van der Waals surface area (Å²) >= 11 is 0. The second-order valence-corrected chi connectivity index (χ2v) is 3.50. The van der Waals surface area contributed by atoms with E-state index >= 15 is 0 Å². The molecule has 0 saturated heterocycles. The van der Waals surface area contributed by atoms with Crippen molar-refractivity contribution in [1.82, 2.24) is 4.98 Å². The molecule has 94 valence electrons. The van der Waals surface area contributed by atoms with Crippen LogP contribution in [0.4, 0.5) is 4.39 Å². The van der Waals surface area contributed by atoms with Crippen molar-refractivity contribution >= 4 is 6.29 Å². The number of carbonyl (C=O) groups is 1. The molecular weight excluding hydrogens is 229 g/mol. The SMILES string of the molecule is CC.O=Cc1ccncc1Cc1cccc(F)c1. The average Bonchev–Trinajstić information content (AvgIpc) is 2.42. The monoisotopic (exact) mass is 245 g/mol. The van der Waals surface area contributed by atoms with Gasteiger partial charge in [-0.2, -0.15) is 0 Å². The highest BCUT2D eigenvalue weighted by Crippen LogP contribution is 2.12. The largest absolute Gasteiger partial charge is 0.298 e. The highest BCUT2D eigenvalue weighted by molar-refractivity contribution is 5.77. The summed E-state index contributed by atoms with van der Waals surface area (Å²) in [6, 6.07) is 7.99. The van der Waals surface area contributed by atoms with Gasteiger partial charge in [-0.25, -0.2) is 4.39 Å². The van der Waals surface area contributed by atoms with Crippen LogP contribution in [0, 0.1) is 5.82 Å². The summed E-state index contributed by atoms with van der Waals surface area (Å²) in [4.78, 5) is 14.7. The van der Waals surface area contributed by atoms with Crippen LogP contribution in [0.15, 0.2) is 42.7 Å². The number of aromatic nitrogens is 1. The van der Waals surface area contributed by atoms with Crippen molar-refractivity contribution in [3.63, 3.8) is 0 Å². The number of halogens is 1. The van der Waals surface area contributed by atoms with Gasteiger partial charge in [-0.1, -0.05) is 26.0 Å². The molecule has 0 N–H and O–H groups in total. The molecule has 0 spiro atoms. The van der Waals surface area contributed by atoms with E-state index in [4.69, 9.17) is 0 Å². The minimum atomic E-state index is -0.269. The van der Waals surface area contributed by atoms with Crippen molar-refractivity contribution in [2.75, 3.05) is 0 Å². The maximum atomic E-state index is 13.0. The van der Waals surface area contributed by atoms with Gasteiger partial charge < -0.3 is 0 Å². The summed E-state index contributed by atoms with van der Waals surface area (Å²) in [5, 5.41) is 0. The first kappa shape index (κ1) is 14.0. The van der Waals surface area contributed by atoms with Crippen LogP contribution >= 0.6 is 0 Å². The maximum Gasteiger partial charge on any atom is 0.150 e. The Labute approximate surface area is 107 Å². The summed E-state index contributed by atoms with van der Waals surface area (Å²) in [5.74, 6) is -0.269. The Hall–Kier alpha value is -2.03. The normalized spacial score (nSPS) is 9.28. The molecule has 0 aliphatic carbocycles. The minimum absolute atomic E-state index is 0.269. The highest BCUT2D eigenvalue weighted by Gasteiger charge is 2.03. The van der Waals surface area contributed by atoms with Crippen molar-refractivity contribution in [1.29, 1.82) is 0 Å². The van der Waals surface area contributed by atoms with Gasteiger partial charge in [0.25, 0.3) is 0 Å². The van der Waals surface area contributed by atoms with E-state index in [1.165, 1.54) is 12.1 Å². The first-order valence-electron chi connectivity index (χ1n) is 5.92. The number of carbonyl (C=O) groups excluding carboxylic acids is 1. The number of hydrogen-bond acceptors (Lipinski definition) is 2. The molecular formula is C15H16FNO. The van der Waals surface area contributed by atoms with Crippen LogP contribution in [0.25, 0.3) is 0 Å². The van der Waals surface area contributed by atoms with Crippen molar-refractivity contribution in [3.05, 3.63) is 65.2 Å². The van der Waals surface area contributed by atoms with Gasteiger partial charge in [-0.3, -0.25) is 9.78 Å². The molecule has 2 rings (SSSR count). The predicted octanol–water partition coefficient (Wildman–Crippen LogP) is 3.65. The minimum Gasteiger partial charge on any atom is -0.298 e. The van der Waals surface area contributed by atoms with Crippen LogP contribution in [-0.4, -0.2) is 11.3 Å². The molecule has 0 fully saturated rings. The topological polar surface area (TPSA) is 30.0 Å². The van der Waals surface area contributed by atoms with Crippen LogP contribution in [0.5, 0.6) is 0 Å². The lowest BCUT2D eigenvalue weighted by Gasteiger charge is -2.04. The molecule has 0 aliphatic rings. The number of aldehydes is 1. The first-order chi connectivity index (χ1) is 8.79. The Morgan fingerprint density at radius 2 is 2.06 bits per heavy atom. The van der Waals surface area contributed by atoms with Crippen LogP contribution in [-0.2, 0) is 6.42 Å². The molecule has 18 heavy (non-hydrogen) atoms. The second kappa shape index (κ2) is 7.33. The van der Waals surface area contributed by atoms with Crippen molar-refractivity contribution in [3.8, 4) is 0 Å². The summed E-state index contributed by atoms with van der Waals surface area (Å²) in [7, 11) is 0. The van der Waals surface area contributed by atoms with E-state index in [1.54, 1.807) is 24.5 Å². The summed E-state index contributed by atoms with van der Waals surface area (Å²) in [6.07, 6.45) is 4.50. The van der Waals surface area contributed by atoms with Gasteiger partial charge in [-0.05, 0) is 35.7 Å². The summed E-state index contributed by atoms with van der Waals surface area (Å²) < 4.78 is 13.0. The quantitative estimate of drug-likeness (QED) is 0.772. The van der Waals surface area contributed by atoms with Gasteiger partial charge >= 0.3 is 0 Å². The second-order valence-electron chi connectivity index (χ2n) is 3.50. The third-order valence-corrected chi connectivity index (χ3v) is 2.35. The predicted molar refractivity (Wildman–Crippen MR) is 70.2 cm³/mol. The van der Waals surface area contributed by atoms with Crippen molar-refractivity contribution in [2.45, 2.75) is 20.3 Å². The zero-order valence-electron chi connectivity index (χ0n) is 10.6. The zero-order chi connectivity index (χ0) is 13.4. The number of benzene rings is 1. The van der Waals surface area contributed by atoms with E-state index in [0.29, 0.717) is 12.0 Å². The molecule has 0 saturated carbocycles. The average molecular weight is 245 g/mol. The fourth-order valence-corrected chi connectivity index (χ4v) is 1.57. The Kier molecular flexibility index (Phi) is 5.71. The number of rotatable bonds is 3. The van der Waals surface area contributed by atoms with Gasteiger partial charge in [0.15, 0.2) is 0 Å². The molecule has 2 aromatic rings. The molecule has 1 aromatic carbocycles. The van der Waals surface area contributed by atoms with E-state index in [9.17, 15) is 9.18 Å². The molecule has 0 radical (unpaired) electrons. The van der Waals surface area contributed by atoms with Crippen LogP contribution < -0.4 is 0 Å². The van der Waals surface area contributed by atoms with E-state index in [-0.39, 0.29) is 5.82 Å². The van der Waals surface area contributed by atoms with Gasteiger partial charge in [0, 0.05) is 18.0 Å². The molecule has 0 aliphatic heterocycles. The molecule has 0 atom stereocenters. The molecule has 1 aromatic heterocycles. The van der Waals surface area contributed by atoms with Crippen LogP contribution in [0.2, 0.25) is 0 Å². The van der Waals surface area contributed by atoms with Gasteiger partial charge in [0.2, 0.25) is 0 Å². The Balaban J connectivity index is 0.000000771.